The van der Waals surface area contributed by atoms with E-state index in [0.717, 1.165) is 33.2 Å². The van der Waals surface area contributed by atoms with Crippen molar-refractivity contribution in [3.63, 3.8) is 0 Å². The number of amides is 1. The van der Waals surface area contributed by atoms with Crippen LogP contribution in [0.1, 0.15) is 22.3 Å². The summed E-state index contributed by atoms with van der Waals surface area (Å²) in [5.74, 6) is -0.437. The number of fused-ring (bicyclic) bond motifs is 1. The number of nitrogens with one attached hydrogen (secondary N) is 1. The van der Waals surface area contributed by atoms with Crippen molar-refractivity contribution in [3.05, 3.63) is 105 Å². The molecule has 0 spiro atoms. The summed E-state index contributed by atoms with van der Waals surface area (Å²) in [4.78, 5) is 12.9. The molecular weight excluding hydrogens is 453 g/mol. The molecular formula is C27H21Cl2N3O. The first kappa shape index (κ1) is 22.7. The maximum absolute atomic E-state index is 12.9. The fourth-order valence-corrected chi connectivity index (χ4v) is 4.04. The molecule has 0 aliphatic carbocycles. The third-order valence-corrected chi connectivity index (χ3v) is 6.20. The molecule has 1 N–H and O–H groups in total. The van der Waals surface area contributed by atoms with Crippen LogP contribution in [0.3, 0.4) is 0 Å². The molecule has 1 amide bonds. The lowest BCUT2D eigenvalue weighted by Crippen LogP contribution is -2.14. The van der Waals surface area contributed by atoms with Crippen LogP contribution in [0.2, 0.25) is 10.0 Å². The third kappa shape index (κ3) is 4.96. The lowest BCUT2D eigenvalue weighted by atomic mass is 10.1. The zero-order valence-corrected chi connectivity index (χ0v) is 19.7. The van der Waals surface area contributed by atoms with Crippen molar-refractivity contribution in [1.82, 2.24) is 4.57 Å². The van der Waals surface area contributed by atoms with Crippen LogP contribution in [-0.4, -0.2) is 10.5 Å². The van der Waals surface area contributed by atoms with Crippen LogP contribution in [0, 0.1) is 25.2 Å². The maximum atomic E-state index is 12.9. The first-order valence-electron chi connectivity index (χ1n) is 10.4. The van der Waals surface area contributed by atoms with Gasteiger partial charge in [-0.2, -0.15) is 5.26 Å². The topological polar surface area (TPSA) is 57.8 Å². The molecule has 4 aromatic rings. The summed E-state index contributed by atoms with van der Waals surface area (Å²) < 4.78 is 2.07. The molecule has 0 radical (unpaired) electrons. The molecule has 3 aromatic carbocycles. The second-order valence-corrected chi connectivity index (χ2v) is 8.73. The molecule has 1 aromatic heterocycles. The Kier molecular flexibility index (Phi) is 6.55. The van der Waals surface area contributed by atoms with Gasteiger partial charge in [-0.3, -0.25) is 4.79 Å². The molecule has 0 atom stereocenters. The summed E-state index contributed by atoms with van der Waals surface area (Å²) in [6, 6.07) is 21.3. The van der Waals surface area contributed by atoms with Crippen LogP contribution < -0.4 is 5.32 Å². The number of nitriles is 1. The van der Waals surface area contributed by atoms with Crippen molar-refractivity contribution in [2.75, 3.05) is 5.32 Å². The summed E-state index contributed by atoms with van der Waals surface area (Å²) >= 11 is 12.2. The van der Waals surface area contributed by atoms with Gasteiger partial charge in [0.1, 0.15) is 11.6 Å². The molecule has 0 aliphatic heterocycles. The molecule has 0 saturated heterocycles. The Morgan fingerprint density at radius 1 is 1.06 bits per heavy atom. The average molecular weight is 474 g/mol. The van der Waals surface area contributed by atoms with Crippen LogP contribution in [0.4, 0.5) is 5.69 Å². The standard InChI is InChI=1S/C27H21Cl2N3O/c1-17-7-8-18(2)25(11-17)31-27(33)20(14-30)13-21-16-32(26-6-4-3-5-22(21)26)15-19-9-10-23(28)24(29)12-19/h3-13,16H,15H2,1-2H3,(H,31,33). The minimum Gasteiger partial charge on any atom is -0.342 e. The van der Waals surface area contributed by atoms with E-state index in [1.165, 1.54) is 0 Å². The Morgan fingerprint density at radius 3 is 2.61 bits per heavy atom. The Hall–Kier alpha value is -3.52. The van der Waals surface area contributed by atoms with Crippen LogP contribution in [0.5, 0.6) is 0 Å². The van der Waals surface area contributed by atoms with Crippen LogP contribution in [0.25, 0.3) is 17.0 Å². The number of anilines is 1. The van der Waals surface area contributed by atoms with E-state index in [2.05, 4.69) is 9.88 Å². The number of halogens is 2. The van der Waals surface area contributed by atoms with Gasteiger partial charge in [0.05, 0.1) is 10.0 Å². The van der Waals surface area contributed by atoms with Gasteiger partial charge in [-0.1, -0.05) is 59.6 Å². The van der Waals surface area contributed by atoms with Gasteiger partial charge in [-0.25, -0.2) is 0 Å². The molecule has 6 heteroatoms. The van der Waals surface area contributed by atoms with Gasteiger partial charge in [0.25, 0.3) is 5.91 Å². The zero-order valence-electron chi connectivity index (χ0n) is 18.2. The van der Waals surface area contributed by atoms with Gasteiger partial charge in [0, 0.05) is 34.9 Å². The van der Waals surface area contributed by atoms with E-state index in [4.69, 9.17) is 23.2 Å². The molecule has 0 fully saturated rings. The van der Waals surface area contributed by atoms with E-state index in [9.17, 15) is 10.1 Å². The highest BCUT2D eigenvalue weighted by Gasteiger charge is 2.14. The normalized spacial score (nSPS) is 11.4. The third-order valence-electron chi connectivity index (χ3n) is 5.46. The number of hydrogen-bond acceptors (Lipinski definition) is 2. The van der Waals surface area contributed by atoms with E-state index in [1.54, 1.807) is 12.1 Å². The van der Waals surface area contributed by atoms with Crippen LogP contribution in [0.15, 0.2) is 72.4 Å². The van der Waals surface area contributed by atoms with E-state index < -0.39 is 5.91 Å². The number of hydrogen-bond donors (Lipinski definition) is 1. The minimum absolute atomic E-state index is 0.0355. The number of aryl methyl sites for hydroxylation is 2. The predicted octanol–water partition coefficient (Wildman–Crippen LogP) is 7.16. The fraction of sp³-hybridized carbons (Fsp3) is 0.111. The predicted molar refractivity (Wildman–Crippen MR) is 136 cm³/mol. The molecule has 164 valence electrons. The molecule has 1 heterocycles. The monoisotopic (exact) mass is 473 g/mol. The maximum Gasteiger partial charge on any atom is 0.266 e. The minimum atomic E-state index is -0.437. The van der Waals surface area contributed by atoms with Gasteiger partial charge in [-0.05, 0) is 60.9 Å². The smallest absolute Gasteiger partial charge is 0.266 e. The summed E-state index contributed by atoms with van der Waals surface area (Å²) in [5.41, 5.74) is 5.47. The van der Waals surface area contributed by atoms with Crippen molar-refractivity contribution in [2.45, 2.75) is 20.4 Å². The fourth-order valence-electron chi connectivity index (χ4n) is 3.72. The molecule has 0 aliphatic rings. The number of para-hydroxylation sites is 1. The molecule has 0 unspecified atom stereocenters. The van der Waals surface area contributed by atoms with E-state index in [1.807, 2.05) is 80.7 Å². The van der Waals surface area contributed by atoms with Gasteiger partial charge >= 0.3 is 0 Å². The lowest BCUT2D eigenvalue weighted by Gasteiger charge is -2.08. The van der Waals surface area contributed by atoms with Crippen molar-refractivity contribution in [3.8, 4) is 6.07 Å². The highest BCUT2D eigenvalue weighted by atomic mass is 35.5. The Morgan fingerprint density at radius 2 is 1.85 bits per heavy atom. The first-order valence-corrected chi connectivity index (χ1v) is 11.1. The van der Waals surface area contributed by atoms with Gasteiger partial charge in [0.15, 0.2) is 0 Å². The van der Waals surface area contributed by atoms with Crippen molar-refractivity contribution < 1.29 is 4.79 Å². The summed E-state index contributed by atoms with van der Waals surface area (Å²) in [7, 11) is 0. The second kappa shape index (κ2) is 9.54. The Labute approximate surface area is 202 Å². The van der Waals surface area contributed by atoms with Crippen molar-refractivity contribution in [1.29, 1.82) is 5.26 Å². The number of aromatic nitrogens is 1. The molecule has 33 heavy (non-hydrogen) atoms. The van der Waals surface area contributed by atoms with E-state index in [-0.39, 0.29) is 5.57 Å². The number of rotatable bonds is 5. The van der Waals surface area contributed by atoms with E-state index >= 15 is 0 Å². The average Bonchev–Trinajstić information content (AvgIpc) is 3.14. The molecule has 4 rings (SSSR count). The van der Waals surface area contributed by atoms with Crippen molar-refractivity contribution in [2.24, 2.45) is 0 Å². The molecule has 0 bridgehead atoms. The van der Waals surface area contributed by atoms with Gasteiger partial charge < -0.3 is 9.88 Å². The number of benzene rings is 3. The second-order valence-electron chi connectivity index (χ2n) is 7.92. The van der Waals surface area contributed by atoms with Crippen LogP contribution in [-0.2, 0) is 11.3 Å². The van der Waals surface area contributed by atoms with Crippen LogP contribution >= 0.6 is 23.2 Å². The Balaban J connectivity index is 1.69. The van der Waals surface area contributed by atoms with Gasteiger partial charge in [0.2, 0.25) is 0 Å². The lowest BCUT2D eigenvalue weighted by molar-refractivity contribution is -0.112. The molecule has 4 nitrogen and oxygen atoms in total. The number of carbonyl (C=O) groups is 1. The summed E-state index contributed by atoms with van der Waals surface area (Å²) in [6.07, 6.45) is 3.57. The number of nitrogens with zero attached hydrogens (tertiary/aromatic N) is 2. The highest BCUT2D eigenvalue weighted by Crippen LogP contribution is 2.27. The van der Waals surface area contributed by atoms with Crippen molar-refractivity contribution >= 4 is 51.8 Å². The summed E-state index contributed by atoms with van der Waals surface area (Å²) in [5, 5.41) is 14.5. The highest BCUT2D eigenvalue weighted by molar-refractivity contribution is 6.42. The zero-order chi connectivity index (χ0) is 23.5. The SMILES string of the molecule is Cc1ccc(C)c(NC(=O)C(C#N)=Cc2cn(Cc3ccc(Cl)c(Cl)c3)c3ccccc23)c1. The van der Waals surface area contributed by atoms with Gasteiger partial charge in [-0.15, -0.1) is 0 Å². The quantitative estimate of drug-likeness (QED) is 0.247. The first-order chi connectivity index (χ1) is 15.9. The molecule has 0 saturated carbocycles. The number of carbonyl (C=O) groups excluding carboxylic acids is 1. The Bertz CT molecular complexity index is 1440. The summed E-state index contributed by atoms with van der Waals surface area (Å²) in [6.45, 7) is 4.45. The largest absolute Gasteiger partial charge is 0.342 e. The van der Waals surface area contributed by atoms with E-state index in [0.29, 0.717) is 22.3 Å².